The van der Waals surface area contributed by atoms with E-state index in [1.807, 2.05) is 13.8 Å². The number of carbonyl (C=O) groups is 2. The number of amides is 1. The highest BCUT2D eigenvalue weighted by molar-refractivity contribution is 7.92. The molecule has 176 valence electrons. The van der Waals surface area contributed by atoms with Crippen molar-refractivity contribution in [2.45, 2.75) is 24.8 Å². The van der Waals surface area contributed by atoms with Gasteiger partial charge in [-0.15, -0.1) is 0 Å². The van der Waals surface area contributed by atoms with Crippen LogP contribution in [0.25, 0.3) is 0 Å². The SMILES string of the molecule is COC(=O)c1cccc(NC(=O)[C@H]2CN(S(=O)(=O)c3ccc(C)cc3)c3cc(C)ccc3O2)c1. The fourth-order valence-corrected chi connectivity index (χ4v) is 5.10. The zero-order valence-corrected chi connectivity index (χ0v) is 19.8. The van der Waals surface area contributed by atoms with Gasteiger partial charge in [0.1, 0.15) is 5.75 Å². The summed E-state index contributed by atoms with van der Waals surface area (Å²) in [6.07, 6.45) is -1.11. The Morgan fingerprint density at radius 1 is 1.00 bits per heavy atom. The molecule has 0 aromatic heterocycles. The number of methoxy groups -OCH3 is 1. The van der Waals surface area contributed by atoms with Crippen molar-refractivity contribution >= 4 is 33.3 Å². The summed E-state index contributed by atoms with van der Waals surface area (Å²) >= 11 is 0. The number of hydrogen-bond acceptors (Lipinski definition) is 6. The highest BCUT2D eigenvalue weighted by atomic mass is 32.2. The molecular weight excluding hydrogens is 456 g/mol. The Balaban J connectivity index is 1.66. The van der Waals surface area contributed by atoms with E-state index in [0.29, 0.717) is 11.4 Å². The first-order valence-corrected chi connectivity index (χ1v) is 12.0. The Labute approximate surface area is 198 Å². The largest absolute Gasteiger partial charge is 0.476 e. The first-order chi connectivity index (χ1) is 16.2. The van der Waals surface area contributed by atoms with E-state index in [-0.39, 0.29) is 22.8 Å². The van der Waals surface area contributed by atoms with Crippen LogP contribution < -0.4 is 14.4 Å². The lowest BCUT2D eigenvalue weighted by atomic mass is 10.1. The van der Waals surface area contributed by atoms with Gasteiger partial charge >= 0.3 is 5.97 Å². The molecule has 1 amide bonds. The molecule has 1 aliphatic rings. The number of hydrogen-bond donors (Lipinski definition) is 1. The molecule has 1 heterocycles. The van der Waals surface area contributed by atoms with Gasteiger partial charge in [0.05, 0.1) is 29.8 Å². The van der Waals surface area contributed by atoms with Crippen LogP contribution in [-0.2, 0) is 19.6 Å². The molecule has 1 N–H and O–H groups in total. The summed E-state index contributed by atoms with van der Waals surface area (Å²) in [5.41, 5.74) is 2.79. The minimum Gasteiger partial charge on any atom is -0.476 e. The first kappa shape index (κ1) is 23.3. The van der Waals surface area contributed by atoms with Crippen molar-refractivity contribution in [3.8, 4) is 5.75 Å². The molecule has 0 radical (unpaired) electrons. The summed E-state index contributed by atoms with van der Waals surface area (Å²) < 4.78 is 38.9. The van der Waals surface area contributed by atoms with Gasteiger partial charge < -0.3 is 14.8 Å². The normalized spacial score (nSPS) is 15.1. The molecule has 1 aliphatic heterocycles. The Kier molecular flexibility index (Phi) is 6.30. The number of ether oxygens (including phenoxy) is 2. The van der Waals surface area contributed by atoms with E-state index >= 15 is 0 Å². The molecule has 0 saturated carbocycles. The number of nitrogens with one attached hydrogen (secondary N) is 1. The molecule has 0 spiro atoms. The molecule has 0 saturated heterocycles. The number of nitrogens with zero attached hydrogens (tertiary/aromatic N) is 1. The number of anilines is 2. The highest BCUT2D eigenvalue weighted by Crippen LogP contribution is 2.38. The quantitative estimate of drug-likeness (QED) is 0.559. The van der Waals surface area contributed by atoms with E-state index in [1.54, 1.807) is 60.7 Å². The average molecular weight is 481 g/mol. The Morgan fingerprint density at radius 3 is 2.41 bits per heavy atom. The van der Waals surface area contributed by atoms with Crippen LogP contribution in [0.15, 0.2) is 71.6 Å². The number of sulfonamides is 1. The van der Waals surface area contributed by atoms with Gasteiger partial charge in [-0.2, -0.15) is 0 Å². The topological polar surface area (TPSA) is 102 Å². The average Bonchev–Trinajstić information content (AvgIpc) is 2.83. The van der Waals surface area contributed by atoms with Crippen molar-refractivity contribution in [2.24, 2.45) is 0 Å². The van der Waals surface area contributed by atoms with E-state index < -0.39 is 28.0 Å². The molecule has 3 aromatic carbocycles. The van der Waals surface area contributed by atoms with Crippen LogP contribution in [0.2, 0.25) is 0 Å². The first-order valence-electron chi connectivity index (χ1n) is 10.5. The number of rotatable bonds is 5. The van der Waals surface area contributed by atoms with E-state index in [4.69, 9.17) is 9.47 Å². The van der Waals surface area contributed by atoms with Crippen molar-refractivity contribution in [2.75, 3.05) is 23.3 Å². The second-order valence-electron chi connectivity index (χ2n) is 7.99. The standard InChI is InChI=1S/C25H24N2O6S/c1-16-7-10-20(11-8-16)34(30,31)27-15-23(33-22-12-9-17(2)13-21(22)27)24(28)26-19-6-4-5-18(14-19)25(29)32-3/h4-14,23H,15H2,1-3H3,(H,26,28)/t23-/m1/s1. The van der Waals surface area contributed by atoms with Crippen LogP contribution in [0.1, 0.15) is 21.5 Å². The zero-order valence-electron chi connectivity index (χ0n) is 18.9. The molecule has 0 bridgehead atoms. The summed E-state index contributed by atoms with van der Waals surface area (Å²) in [6, 6.07) is 18.0. The lowest BCUT2D eigenvalue weighted by Crippen LogP contribution is -2.48. The number of esters is 1. The number of fused-ring (bicyclic) bond motifs is 1. The van der Waals surface area contributed by atoms with Crippen LogP contribution in [0.5, 0.6) is 5.75 Å². The van der Waals surface area contributed by atoms with Crippen molar-refractivity contribution in [3.63, 3.8) is 0 Å². The fourth-order valence-electron chi connectivity index (χ4n) is 3.63. The Bertz CT molecular complexity index is 1350. The number of carbonyl (C=O) groups excluding carboxylic acids is 2. The third-order valence-corrected chi connectivity index (χ3v) is 7.23. The van der Waals surface area contributed by atoms with Gasteiger partial charge in [-0.25, -0.2) is 13.2 Å². The molecule has 4 rings (SSSR count). The van der Waals surface area contributed by atoms with Gasteiger partial charge in [-0.05, 0) is 61.9 Å². The Hall–Kier alpha value is -3.85. The summed E-state index contributed by atoms with van der Waals surface area (Å²) in [4.78, 5) is 25.0. The molecule has 9 heteroatoms. The van der Waals surface area contributed by atoms with Crippen molar-refractivity contribution < 1.29 is 27.5 Å². The number of benzene rings is 3. The minimum absolute atomic E-state index is 0.123. The van der Waals surface area contributed by atoms with Gasteiger partial charge in [0, 0.05) is 5.69 Å². The molecule has 0 unspecified atom stereocenters. The summed E-state index contributed by atoms with van der Waals surface area (Å²) in [7, 11) is -2.69. The van der Waals surface area contributed by atoms with Crippen molar-refractivity contribution in [3.05, 3.63) is 83.4 Å². The van der Waals surface area contributed by atoms with Crippen LogP contribution >= 0.6 is 0 Å². The maximum absolute atomic E-state index is 13.5. The van der Waals surface area contributed by atoms with Gasteiger partial charge in [-0.1, -0.05) is 29.8 Å². The zero-order chi connectivity index (χ0) is 24.5. The molecule has 0 aliphatic carbocycles. The van der Waals surface area contributed by atoms with Crippen LogP contribution in [-0.4, -0.2) is 40.1 Å². The predicted molar refractivity (Wildman–Crippen MR) is 128 cm³/mol. The predicted octanol–water partition coefficient (Wildman–Crippen LogP) is 3.69. The van der Waals surface area contributed by atoms with Gasteiger partial charge in [0.15, 0.2) is 6.10 Å². The van der Waals surface area contributed by atoms with E-state index in [0.717, 1.165) is 11.1 Å². The van der Waals surface area contributed by atoms with Crippen LogP contribution in [0.4, 0.5) is 11.4 Å². The van der Waals surface area contributed by atoms with Crippen molar-refractivity contribution in [1.82, 2.24) is 0 Å². The second-order valence-corrected chi connectivity index (χ2v) is 9.85. The van der Waals surface area contributed by atoms with E-state index in [9.17, 15) is 18.0 Å². The molecule has 3 aromatic rings. The third kappa shape index (κ3) is 4.60. The molecule has 34 heavy (non-hydrogen) atoms. The molecular formula is C25H24N2O6S. The van der Waals surface area contributed by atoms with Crippen LogP contribution in [0.3, 0.4) is 0 Å². The lowest BCUT2D eigenvalue weighted by molar-refractivity contribution is -0.122. The third-order valence-electron chi connectivity index (χ3n) is 5.44. The number of aryl methyl sites for hydroxylation is 2. The summed E-state index contributed by atoms with van der Waals surface area (Å²) in [5, 5.41) is 2.70. The Morgan fingerprint density at radius 2 is 1.71 bits per heavy atom. The van der Waals surface area contributed by atoms with Gasteiger partial charge in [-0.3, -0.25) is 9.10 Å². The lowest BCUT2D eigenvalue weighted by Gasteiger charge is -2.35. The summed E-state index contributed by atoms with van der Waals surface area (Å²) in [6.45, 7) is 3.51. The second kappa shape index (κ2) is 9.18. The maximum Gasteiger partial charge on any atom is 0.337 e. The minimum atomic E-state index is -3.96. The molecule has 1 atom stereocenters. The monoisotopic (exact) mass is 480 g/mol. The highest BCUT2D eigenvalue weighted by Gasteiger charge is 2.37. The molecule has 0 fully saturated rings. The van der Waals surface area contributed by atoms with Gasteiger partial charge in [0.2, 0.25) is 0 Å². The van der Waals surface area contributed by atoms with Gasteiger partial charge in [0.25, 0.3) is 15.9 Å². The fraction of sp³-hybridized carbons (Fsp3) is 0.200. The van der Waals surface area contributed by atoms with E-state index in [2.05, 4.69) is 5.32 Å². The van der Waals surface area contributed by atoms with E-state index in [1.165, 1.54) is 17.5 Å². The summed E-state index contributed by atoms with van der Waals surface area (Å²) in [5.74, 6) is -0.793. The smallest absolute Gasteiger partial charge is 0.337 e. The maximum atomic E-state index is 13.5. The molecule has 8 nitrogen and oxygen atoms in total. The van der Waals surface area contributed by atoms with Crippen molar-refractivity contribution in [1.29, 1.82) is 0 Å². The van der Waals surface area contributed by atoms with Crippen LogP contribution in [0, 0.1) is 13.8 Å².